The molecule has 0 radical (unpaired) electrons. The maximum absolute atomic E-state index is 12.2. The van der Waals surface area contributed by atoms with Gasteiger partial charge in [0.1, 0.15) is 6.04 Å². The van der Waals surface area contributed by atoms with Crippen molar-refractivity contribution in [2.75, 3.05) is 0 Å². The molecule has 2 aromatic carbocycles. The molecule has 0 saturated heterocycles. The summed E-state index contributed by atoms with van der Waals surface area (Å²) >= 11 is 0. The second-order valence-electron chi connectivity index (χ2n) is 5.63. The van der Waals surface area contributed by atoms with Crippen molar-refractivity contribution in [2.24, 2.45) is 5.73 Å². The molecule has 24 heavy (non-hydrogen) atoms. The van der Waals surface area contributed by atoms with Crippen LogP contribution in [0.25, 0.3) is 10.9 Å². The van der Waals surface area contributed by atoms with Gasteiger partial charge in [-0.3, -0.25) is 9.59 Å². The summed E-state index contributed by atoms with van der Waals surface area (Å²) in [4.78, 5) is 23.9. The number of primary amides is 1. The molecule has 0 aliphatic carbocycles. The van der Waals surface area contributed by atoms with E-state index in [0.29, 0.717) is 12.1 Å². The smallest absolute Gasteiger partial charge is 0.244 e. The van der Waals surface area contributed by atoms with Gasteiger partial charge in [0.25, 0.3) is 0 Å². The highest BCUT2D eigenvalue weighted by Crippen LogP contribution is 2.16. The summed E-state index contributed by atoms with van der Waals surface area (Å²) in [5.74, 6) is -0.776. The second kappa shape index (κ2) is 7.00. The van der Waals surface area contributed by atoms with Crippen LogP contribution in [0.4, 0.5) is 0 Å². The van der Waals surface area contributed by atoms with Crippen LogP contribution in [0.5, 0.6) is 0 Å². The van der Waals surface area contributed by atoms with Gasteiger partial charge in [-0.25, -0.2) is 0 Å². The number of nitrogens with zero attached hydrogens (tertiary/aromatic N) is 1. The average molecular weight is 321 g/mol. The maximum atomic E-state index is 12.2. The fraction of sp³-hybridized carbons (Fsp3) is 0.158. The van der Waals surface area contributed by atoms with Crippen LogP contribution in [-0.4, -0.2) is 16.4 Å². The van der Waals surface area contributed by atoms with Gasteiger partial charge in [0, 0.05) is 24.7 Å². The fourth-order valence-electron chi connectivity index (χ4n) is 2.75. The molecule has 1 heterocycles. The summed E-state index contributed by atoms with van der Waals surface area (Å²) in [5, 5.41) is 3.85. The van der Waals surface area contributed by atoms with E-state index < -0.39 is 11.9 Å². The number of nitrogens with one attached hydrogen (secondary N) is 1. The topological polar surface area (TPSA) is 77.1 Å². The van der Waals surface area contributed by atoms with Crippen LogP contribution < -0.4 is 11.1 Å². The number of fused-ring (bicyclic) bond motifs is 1. The van der Waals surface area contributed by atoms with E-state index in [0.717, 1.165) is 10.9 Å². The minimum absolute atomic E-state index is 0.208. The van der Waals surface area contributed by atoms with Crippen LogP contribution >= 0.6 is 0 Å². The lowest BCUT2D eigenvalue weighted by atomic mass is 10.1. The molecule has 5 nitrogen and oxygen atoms in total. The quantitative estimate of drug-likeness (QED) is 0.731. The second-order valence-corrected chi connectivity index (χ2v) is 5.63. The van der Waals surface area contributed by atoms with Gasteiger partial charge in [-0.2, -0.15) is 0 Å². The van der Waals surface area contributed by atoms with Crippen molar-refractivity contribution in [2.45, 2.75) is 19.0 Å². The molecule has 3 rings (SSSR count). The Balaban J connectivity index is 1.65. The molecular formula is C19H19N3O2. The first-order valence-electron chi connectivity index (χ1n) is 7.82. The number of carbonyl (C=O) groups excluding carboxylic acids is 2. The van der Waals surface area contributed by atoms with Crippen LogP contribution in [0, 0.1) is 0 Å². The van der Waals surface area contributed by atoms with Gasteiger partial charge < -0.3 is 15.6 Å². The Labute approximate surface area is 140 Å². The number of aromatic nitrogens is 1. The van der Waals surface area contributed by atoms with Gasteiger partial charge in [0.15, 0.2) is 0 Å². The van der Waals surface area contributed by atoms with E-state index in [1.807, 2.05) is 59.3 Å². The number of aryl methyl sites for hydroxylation is 1. The summed E-state index contributed by atoms with van der Waals surface area (Å²) in [6.07, 6.45) is 2.23. The molecule has 1 atom stereocenters. The summed E-state index contributed by atoms with van der Waals surface area (Å²) < 4.78 is 2.02. The Morgan fingerprint density at radius 1 is 1.00 bits per heavy atom. The molecule has 0 aliphatic rings. The highest BCUT2D eigenvalue weighted by atomic mass is 16.2. The van der Waals surface area contributed by atoms with Crippen molar-refractivity contribution in [3.05, 3.63) is 72.4 Å². The highest BCUT2D eigenvalue weighted by Gasteiger charge is 2.19. The van der Waals surface area contributed by atoms with E-state index in [1.165, 1.54) is 0 Å². The van der Waals surface area contributed by atoms with E-state index in [1.54, 1.807) is 12.1 Å². The monoisotopic (exact) mass is 321 g/mol. The number of nitrogens with two attached hydrogens (primary N) is 1. The van der Waals surface area contributed by atoms with Gasteiger partial charge in [0.2, 0.25) is 11.8 Å². The van der Waals surface area contributed by atoms with Crippen molar-refractivity contribution < 1.29 is 9.59 Å². The summed E-state index contributed by atoms with van der Waals surface area (Å²) in [7, 11) is 0. The Kier molecular flexibility index (Phi) is 4.61. The zero-order valence-electron chi connectivity index (χ0n) is 13.2. The number of para-hydroxylation sites is 1. The first-order chi connectivity index (χ1) is 11.6. The van der Waals surface area contributed by atoms with Crippen molar-refractivity contribution in [1.29, 1.82) is 0 Å². The first kappa shape index (κ1) is 15.8. The van der Waals surface area contributed by atoms with Gasteiger partial charge in [0.05, 0.1) is 0 Å². The summed E-state index contributed by atoms with van der Waals surface area (Å²) in [6.45, 7) is 0.541. The fourth-order valence-corrected chi connectivity index (χ4v) is 2.75. The molecule has 122 valence electrons. The Bertz CT molecular complexity index is 855. The van der Waals surface area contributed by atoms with Crippen LogP contribution in [0.1, 0.15) is 18.0 Å². The number of rotatable bonds is 6. The molecule has 0 aliphatic heterocycles. The third-order valence-corrected chi connectivity index (χ3v) is 3.98. The number of hydrogen-bond acceptors (Lipinski definition) is 2. The number of hydrogen-bond donors (Lipinski definition) is 2. The minimum Gasteiger partial charge on any atom is -0.368 e. The molecule has 1 aromatic heterocycles. The highest BCUT2D eigenvalue weighted by molar-refractivity contribution is 5.87. The van der Waals surface area contributed by atoms with E-state index >= 15 is 0 Å². The van der Waals surface area contributed by atoms with Crippen molar-refractivity contribution in [3.63, 3.8) is 0 Å². The minimum atomic E-state index is -0.805. The summed E-state index contributed by atoms with van der Waals surface area (Å²) in [6, 6.07) is 18.2. The Morgan fingerprint density at radius 2 is 1.71 bits per heavy atom. The maximum Gasteiger partial charge on any atom is 0.244 e. The van der Waals surface area contributed by atoms with Crippen LogP contribution in [0.15, 0.2) is 66.9 Å². The summed E-state index contributed by atoms with van der Waals surface area (Å²) in [5.41, 5.74) is 7.19. The van der Waals surface area contributed by atoms with Gasteiger partial charge in [-0.15, -0.1) is 0 Å². The lowest BCUT2D eigenvalue weighted by Gasteiger charge is -2.16. The predicted molar refractivity (Wildman–Crippen MR) is 93.1 cm³/mol. The van der Waals surface area contributed by atoms with Crippen molar-refractivity contribution in [3.8, 4) is 0 Å². The molecule has 2 amide bonds. The van der Waals surface area contributed by atoms with Gasteiger partial charge in [-0.1, -0.05) is 48.5 Å². The Morgan fingerprint density at radius 3 is 2.46 bits per heavy atom. The molecule has 0 bridgehead atoms. The van der Waals surface area contributed by atoms with Gasteiger partial charge in [-0.05, 0) is 23.1 Å². The third-order valence-electron chi connectivity index (χ3n) is 3.98. The van der Waals surface area contributed by atoms with E-state index in [-0.39, 0.29) is 12.3 Å². The van der Waals surface area contributed by atoms with Crippen molar-refractivity contribution >= 4 is 22.7 Å². The van der Waals surface area contributed by atoms with E-state index in [9.17, 15) is 9.59 Å². The normalized spacial score (nSPS) is 12.0. The molecule has 0 saturated carbocycles. The van der Waals surface area contributed by atoms with E-state index in [4.69, 9.17) is 5.73 Å². The van der Waals surface area contributed by atoms with Gasteiger partial charge >= 0.3 is 0 Å². The molecule has 1 unspecified atom stereocenters. The SMILES string of the molecule is NC(=O)C(NC(=O)CCn1ccc2ccccc21)c1ccccc1. The number of benzene rings is 2. The molecule has 3 aromatic rings. The van der Waals surface area contributed by atoms with Crippen LogP contribution in [-0.2, 0) is 16.1 Å². The average Bonchev–Trinajstić information content (AvgIpc) is 3.01. The third kappa shape index (κ3) is 3.46. The Hall–Kier alpha value is -3.08. The number of carbonyl (C=O) groups is 2. The molecular weight excluding hydrogens is 302 g/mol. The zero-order chi connectivity index (χ0) is 16.9. The van der Waals surface area contributed by atoms with E-state index in [2.05, 4.69) is 5.32 Å². The molecule has 0 spiro atoms. The zero-order valence-corrected chi connectivity index (χ0v) is 13.2. The lowest BCUT2D eigenvalue weighted by Crippen LogP contribution is -2.37. The van der Waals surface area contributed by atoms with Crippen LogP contribution in [0.2, 0.25) is 0 Å². The standard InChI is InChI=1S/C19H19N3O2/c20-19(24)18(15-7-2-1-3-8-15)21-17(23)11-13-22-12-10-14-6-4-5-9-16(14)22/h1-10,12,18H,11,13H2,(H2,20,24)(H,21,23). The largest absolute Gasteiger partial charge is 0.368 e. The molecule has 3 N–H and O–H groups in total. The molecule has 5 heteroatoms. The van der Waals surface area contributed by atoms with Crippen LogP contribution in [0.3, 0.4) is 0 Å². The lowest BCUT2D eigenvalue weighted by molar-refractivity contribution is -0.127. The van der Waals surface area contributed by atoms with Crippen molar-refractivity contribution in [1.82, 2.24) is 9.88 Å². The number of amides is 2. The predicted octanol–water partition coefficient (Wildman–Crippen LogP) is 2.37. The first-order valence-corrected chi connectivity index (χ1v) is 7.82. The molecule has 0 fully saturated rings.